The molecule has 0 aromatic rings. The van der Waals surface area contributed by atoms with Crippen molar-refractivity contribution in [2.75, 3.05) is 13.2 Å². The number of hydrogen-bond acceptors (Lipinski definition) is 5. The van der Waals surface area contributed by atoms with E-state index in [2.05, 4.69) is 22.6 Å². The maximum atomic E-state index is 10.8. The van der Waals surface area contributed by atoms with Crippen LogP contribution in [0.4, 0.5) is 0 Å². The highest BCUT2D eigenvalue weighted by Crippen LogP contribution is 2.24. The van der Waals surface area contributed by atoms with E-state index in [4.69, 9.17) is 18.9 Å². The zero-order valence-corrected chi connectivity index (χ0v) is 12.7. The molecule has 0 N–H and O–H groups in total. The molecule has 0 aromatic heterocycles. The van der Waals surface area contributed by atoms with Crippen molar-refractivity contribution >= 4 is 28.6 Å². The molecule has 0 unspecified atom stereocenters. The highest BCUT2D eigenvalue weighted by atomic mass is 127. The summed E-state index contributed by atoms with van der Waals surface area (Å²) in [6.07, 6.45) is -0.617. The van der Waals surface area contributed by atoms with E-state index >= 15 is 0 Å². The Hall–Kier alpha value is 0.0800. The summed E-state index contributed by atoms with van der Waals surface area (Å²) < 4.78 is 22.0. The second-order valence-corrected chi connectivity index (χ2v) is 5.99. The highest BCUT2D eigenvalue weighted by Gasteiger charge is 2.32. The lowest BCUT2D eigenvalue weighted by molar-refractivity contribution is -0.314. The lowest BCUT2D eigenvalue weighted by atomic mass is 10.2. The van der Waals surface area contributed by atoms with Crippen LogP contribution in [0.3, 0.4) is 0 Å². The van der Waals surface area contributed by atoms with Gasteiger partial charge in [-0.05, 0) is 20.8 Å². The predicted octanol–water partition coefficient (Wildman–Crippen LogP) is 1.87. The molecule has 6 heteroatoms. The minimum absolute atomic E-state index is 0.109. The van der Waals surface area contributed by atoms with Gasteiger partial charge in [0.1, 0.15) is 12.7 Å². The molecule has 1 heterocycles. The number of carbonyl (C=O) groups is 1. The van der Waals surface area contributed by atoms with Gasteiger partial charge in [0.25, 0.3) is 0 Å². The summed E-state index contributed by atoms with van der Waals surface area (Å²) in [6, 6.07) is 0. The minimum atomic E-state index is -0.657. The van der Waals surface area contributed by atoms with E-state index in [-0.39, 0.29) is 22.6 Å². The summed E-state index contributed by atoms with van der Waals surface area (Å²) in [4.78, 5) is 10.8. The Morgan fingerprint density at radius 3 is 2.76 bits per heavy atom. The molecule has 0 radical (unpaired) electrons. The highest BCUT2D eigenvalue weighted by molar-refractivity contribution is 14.1. The molecular weight excluding hydrogens is 339 g/mol. The van der Waals surface area contributed by atoms with Gasteiger partial charge in [0.05, 0.1) is 10.5 Å². The molecule has 1 aliphatic rings. The topological polar surface area (TPSA) is 54.0 Å². The van der Waals surface area contributed by atoms with Crippen LogP contribution in [0.5, 0.6) is 0 Å². The standard InChI is InChI=1S/C11H19IO5/c1-7(13)14-6-10-9(12)5-15-11(3,4)17-8(2)16-10/h8-10H,5-6H2,1-4H3/t8-,9-,10-/m1/s1. The molecule has 3 atom stereocenters. The largest absolute Gasteiger partial charge is 0.463 e. The Morgan fingerprint density at radius 1 is 1.53 bits per heavy atom. The molecule has 100 valence electrons. The monoisotopic (exact) mass is 358 g/mol. The maximum Gasteiger partial charge on any atom is 0.302 e. The Morgan fingerprint density at radius 2 is 2.18 bits per heavy atom. The van der Waals surface area contributed by atoms with E-state index in [1.54, 1.807) is 6.92 Å². The predicted molar refractivity (Wildman–Crippen MR) is 69.9 cm³/mol. The average molecular weight is 358 g/mol. The molecule has 5 nitrogen and oxygen atoms in total. The second kappa shape index (κ2) is 6.31. The van der Waals surface area contributed by atoms with Gasteiger partial charge in [0.2, 0.25) is 0 Å². The number of carbonyl (C=O) groups excluding carboxylic acids is 1. The molecule has 0 bridgehead atoms. The minimum Gasteiger partial charge on any atom is -0.463 e. The van der Waals surface area contributed by atoms with Gasteiger partial charge >= 0.3 is 5.97 Å². The zero-order valence-electron chi connectivity index (χ0n) is 10.6. The first kappa shape index (κ1) is 15.1. The van der Waals surface area contributed by atoms with Crippen LogP contribution in [0.15, 0.2) is 0 Å². The molecule has 0 spiro atoms. The summed E-state index contributed by atoms with van der Waals surface area (Å²) in [5, 5.41) is 0. The third-order valence-electron chi connectivity index (χ3n) is 2.26. The molecule has 0 aromatic carbocycles. The summed E-state index contributed by atoms with van der Waals surface area (Å²) in [7, 11) is 0. The Labute approximate surface area is 115 Å². The molecule has 0 amide bonds. The third-order valence-corrected chi connectivity index (χ3v) is 3.42. The van der Waals surface area contributed by atoms with Gasteiger partial charge < -0.3 is 18.9 Å². The van der Waals surface area contributed by atoms with Crippen molar-refractivity contribution in [3.63, 3.8) is 0 Å². The third kappa shape index (κ3) is 5.50. The van der Waals surface area contributed by atoms with Crippen LogP contribution in [0.1, 0.15) is 27.7 Å². The molecule has 1 saturated heterocycles. The maximum absolute atomic E-state index is 10.8. The van der Waals surface area contributed by atoms with Crippen LogP contribution in [-0.4, -0.2) is 41.3 Å². The van der Waals surface area contributed by atoms with Gasteiger partial charge in [-0.3, -0.25) is 4.79 Å². The van der Waals surface area contributed by atoms with Crippen molar-refractivity contribution in [1.82, 2.24) is 0 Å². The fourth-order valence-corrected chi connectivity index (χ4v) is 2.08. The lowest BCUT2D eigenvalue weighted by Crippen LogP contribution is -2.45. The van der Waals surface area contributed by atoms with Crippen LogP contribution in [0.25, 0.3) is 0 Å². The van der Waals surface area contributed by atoms with E-state index in [9.17, 15) is 4.79 Å². The lowest BCUT2D eigenvalue weighted by Gasteiger charge is -2.36. The summed E-state index contributed by atoms with van der Waals surface area (Å²) in [5.74, 6) is -0.969. The van der Waals surface area contributed by atoms with Crippen LogP contribution in [-0.2, 0) is 23.7 Å². The smallest absolute Gasteiger partial charge is 0.302 e. The van der Waals surface area contributed by atoms with Crippen LogP contribution < -0.4 is 0 Å². The van der Waals surface area contributed by atoms with Crippen molar-refractivity contribution in [3.8, 4) is 0 Å². The number of esters is 1. The second-order valence-electron chi connectivity index (χ2n) is 4.39. The van der Waals surface area contributed by atoms with Gasteiger partial charge in [0.15, 0.2) is 12.1 Å². The van der Waals surface area contributed by atoms with Crippen LogP contribution in [0, 0.1) is 0 Å². The number of rotatable bonds is 2. The number of halogens is 1. The normalized spacial score (nSPS) is 33.6. The molecule has 1 rings (SSSR count). The van der Waals surface area contributed by atoms with Crippen molar-refractivity contribution in [2.45, 2.75) is 49.8 Å². The van der Waals surface area contributed by atoms with Crippen molar-refractivity contribution in [2.24, 2.45) is 0 Å². The Bertz CT molecular complexity index is 269. The quantitative estimate of drug-likeness (QED) is 0.429. The van der Waals surface area contributed by atoms with Crippen molar-refractivity contribution in [3.05, 3.63) is 0 Å². The molecule has 17 heavy (non-hydrogen) atoms. The number of alkyl halides is 1. The Kier molecular flexibility index (Phi) is 5.62. The summed E-state index contributed by atoms with van der Waals surface area (Å²) in [6.45, 7) is 7.60. The first-order valence-corrected chi connectivity index (χ1v) is 6.79. The summed E-state index contributed by atoms with van der Waals surface area (Å²) in [5.41, 5.74) is 0. The zero-order chi connectivity index (χ0) is 13.1. The van der Waals surface area contributed by atoms with Crippen LogP contribution in [0.2, 0.25) is 0 Å². The fraction of sp³-hybridized carbons (Fsp3) is 0.909. The van der Waals surface area contributed by atoms with E-state index in [1.165, 1.54) is 6.92 Å². The summed E-state index contributed by atoms with van der Waals surface area (Å²) >= 11 is 2.24. The fourth-order valence-electron chi connectivity index (χ4n) is 1.52. The van der Waals surface area contributed by atoms with E-state index in [0.717, 1.165) is 0 Å². The average Bonchev–Trinajstić information content (AvgIpc) is 2.18. The van der Waals surface area contributed by atoms with E-state index < -0.39 is 12.1 Å². The van der Waals surface area contributed by atoms with E-state index in [0.29, 0.717) is 6.61 Å². The molecule has 1 aliphatic heterocycles. The van der Waals surface area contributed by atoms with Gasteiger partial charge in [-0.2, -0.15) is 0 Å². The number of ether oxygens (including phenoxy) is 4. The first-order chi connectivity index (χ1) is 7.80. The van der Waals surface area contributed by atoms with Gasteiger partial charge in [-0.25, -0.2) is 0 Å². The van der Waals surface area contributed by atoms with Crippen molar-refractivity contribution in [1.29, 1.82) is 0 Å². The van der Waals surface area contributed by atoms with E-state index in [1.807, 2.05) is 13.8 Å². The van der Waals surface area contributed by atoms with Gasteiger partial charge in [0, 0.05) is 6.92 Å². The van der Waals surface area contributed by atoms with Gasteiger partial charge in [-0.15, -0.1) is 0 Å². The molecular formula is C11H19IO5. The molecule has 0 saturated carbocycles. The van der Waals surface area contributed by atoms with Gasteiger partial charge in [-0.1, -0.05) is 22.6 Å². The Balaban J connectivity index is 2.57. The first-order valence-electron chi connectivity index (χ1n) is 5.55. The SMILES string of the molecule is CC(=O)OC[C@H]1O[C@@H](C)OC(C)(C)OC[C@H]1I. The van der Waals surface area contributed by atoms with Crippen LogP contribution >= 0.6 is 22.6 Å². The molecule has 0 aliphatic carbocycles. The molecule has 1 fully saturated rings. The van der Waals surface area contributed by atoms with Crippen molar-refractivity contribution < 1.29 is 23.7 Å². The number of hydrogen-bond donors (Lipinski definition) is 0.